The van der Waals surface area contributed by atoms with Crippen LogP contribution < -0.4 is 0 Å². The highest BCUT2D eigenvalue weighted by Crippen LogP contribution is 2.23. The number of aryl methyl sites for hydroxylation is 1. The number of nitrogens with one attached hydrogen (secondary N) is 1. The molecule has 1 aromatic carbocycles. The first-order chi connectivity index (χ1) is 11.7. The van der Waals surface area contributed by atoms with Crippen molar-refractivity contribution in [3.8, 4) is 11.4 Å². The number of amides is 1. The highest BCUT2D eigenvalue weighted by Gasteiger charge is 2.25. The van der Waals surface area contributed by atoms with Crippen molar-refractivity contribution in [1.82, 2.24) is 19.9 Å². The molecule has 120 valence electrons. The monoisotopic (exact) mass is 318 g/mol. The average molecular weight is 318 g/mol. The Morgan fingerprint density at radius 2 is 1.92 bits per heavy atom. The van der Waals surface area contributed by atoms with E-state index in [1.165, 1.54) is 0 Å². The number of benzene rings is 1. The van der Waals surface area contributed by atoms with Crippen molar-refractivity contribution in [2.75, 3.05) is 6.54 Å². The van der Waals surface area contributed by atoms with Gasteiger partial charge in [0.05, 0.1) is 17.9 Å². The summed E-state index contributed by atoms with van der Waals surface area (Å²) >= 11 is 0. The van der Waals surface area contributed by atoms with Crippen molar-refractivity contribution < 1.29 is 4.79 Å². The van der Waals surface area contributed by atoms with E-state index >= 15 is 0 Å². The molecule has 0 aliphatic carbocycles. The number of hydrogen-bond donors (Lipinski definition) is 1. The predicted octanol–water partition coefficient (Wildman–Crippen LogP) is 2.98. The van der Waals surface area contributed by atoms with Gasteiger partial charge in [-0.15, -0.1) is 0 Å². The van der Waals surface area contributed by atoms with Gasteiger partial charge in [0.2, 0.25) is 0 Å². The zero-order chi connectivity index (χ0) is 16.5. The molecule has 1 amide bonds. The third kappa shape index (κ3) is 2.69. The molecule has 1 aliphatic rings. The van der Waals surface area contributed by atoms with Crippen molar-refractivity contribution in [2.24, 2.45) is 0 Å². The molecule has 24 heavy (non-hydrogen) atoms. The normalized spacial score (nSPS) is 13.6. The molecule has 5 heteroatoms. The number of aromatic nitrogens is 3. The lowest BCUT2D eigenvalue weighted by molar-refractivity contribution is 0.0725. The molecule has 0 atom stereocenters. The first-order valence-electron chi connectivity index (χ1n) is 8.07. The number of pyridine rings is 1. The van der Waals surface area contributed by atoms with E-state index in [1.54, 1.807) is 6.07 Å². The second kappa shape index (κ2) is 5.92. The summed E-state index contributed by atoms with van der Waals surface area (Å²) in [4.78, 5) is 26.9. The highest BCUT2D eigenvalue weighted by atomic mass is 16.2. The zero-order valence-corrected chi connectivity index (χ0v) is 13.5. The van der Waals surface area contributed by atoms with Gasteiger partial charge in [0, 0.05) is 24.2 Å². The van der Waals surface area contributed by atoms with Crippen molar-refractivity contribution in [3.63, 3.8) is 0 Å². The van der Waals surface area contributed by atoms with Gasteiger partial charge < -0.3 is 9.88 Å². The maximum atomic E-state index is 12.7. The zero-order valence-electron chi connectivity index (χ0n) is 13.5. The minimum atomic E-state index is -0.0276. The Morgan fingerprint density at radius 1 is 1.08 bits per heavy atom. The average Bonchev–Trinajstić information content (AvgIpc) is 3.05. The first kappa shape index (κ1) is 14.6. The third-order valence-electron chi connectivity index (χ3n) is 4.27. The molecule has 1 N–H and O–H groups in total. The van der Waals surface area contributed by atoms with Gasteiger partial charge in [0.1, 0.15) is 11.5 Å². The Labute approximate surface area is 140 Å². The fourth-order valence-electron chi connectivity index (χ4n) is 3.02. The van der Waals surface area contributed by atoms with Crippen LogP contribution in [0.5, 0.6) is 0 Å². The van der Waals surface area contributed by atoms with Crippen molar-refractivity contribution in [3.05, 3.63) is 71.3 Å². The van der Waals surface area contributed by atoms with E-state index < -0.39 is 0 Å². The van der Waals surface area contributed by atoms with Crippen molar-refractivity contribution in [2.45, 2.75) is 19.9 Å². The Balaban J connectivity index is 1.58. The largest absolute Gasteiger partial charge is 0.340 e. The number of aromatic amines is 1. The molecule has 4 rings (SSSR count). The quantitative estimate of drug-likeness (QED) is 0.790. The number of carbonyl (C=O) groups excluding carboxylic acids is 1. The topological polar surface area (TPSA) is 61.9 Å². The summed E-state index contributed by atoms with van der Waals surface area (Å²) < 4.78 is 0. The molecular formula is C19H18N4O. The number of imidazole rings is 1. The van der Waals surface area contributed by atoms with E-state index in [4.69, 9.17) is 4.98 Å². The van der Waals surface area contributed by atoms with Gasteiger partial charge in [-0.3, -0.25) is 4.79 Å². The summed E-state index contributed by atoms with van der Waals surface area (Å²) in [5, 5.41) is 0. The molecule has 0 spiro atoms. The van der Waals surface area contributed by atoms with E-state index in [0.29, 0.717) is 18.8 Å². The summed E-state index contributed by atoms with van der Waals surface area (Å²) in [5.74, 6) is 0.837. The van der Waals surface area contributed by atoms with Crippen LogP contribution in [0.15, 0.2) is 48.5 Å². The fraction of sp³-hybridized carbons (Fsp3) is 0.211. The molecule has 3 aromatic rings. The Hall–Kier alpha value is -2.95. The van der Waals surface area contributed by atoms with E-state index in [2.05, 4.69) is 9.97 Å². The van der Waals surface area contributed by atoms with Gasteiger partial charge in [-0.1, -0.05) is 36.4 Å². The summed E-state index contributed by atoms with van der Waals surface area (Å²) in [6.07, 6.45) is 0.760. The van der Waals surface area contributed by atoms with Crippen molar-refractivity contribution >= 4 is 5.91 Å². The number of fused-ring (bicyclic) bond motifs is 1. The van der Waals surface area contributed by atoms with Crippen LogP contribution in [0.4, 0.5) is 0 Å². The molecule has 5 nitrogen and oxygen atoms in total. The molecule has 1 aliphatic heterocycles. The summed E-state index contributed by atoms with van der Waals surface area (Å²) in [7, 11) is 0. The van der Waals surface area contributed by atoms with E-state index in [9.17, 15) is 4.79 Å². The Morgan fingerprint density at radius 3 is 2.71 bits per heavy atom. The lowest BCUT2D eigenvalue weighted by Crippen LogP contribution is -2.36. The van der Waals surface area contributed by atoms with Crippen LogP contribution in [0.1, 0.15) is 27.6 Å². The van der Waals surface area contributed by atoms with Crippen LogP contribution in [-0.4, -0.2) is 32.3 Å². The first-order valence-corrected chi connectivity index (χ1v) is 8.07. The standard InChI is InChI=1S/C19H18N4O/c1-13-6-5-9-16(20-13)19(24)23-11-10-15-17(12-23)22-18(21-15)14-7-3-2-4-8-14/h2-9H,10-12H2,1H3,(H,21,22). The molecule has 2 aromatic heterocycles. The number of carbonyl (C=O) groups is 1. The summed E-state index contributed by atoms with van der Waals surface area (Å²) in [6, 6.07) is 15.6. The minimum absolute atomic E-state index is 0.0276. The van der Waals surface area contributed by atoms with E-state index in [0.717, 1.165) is 34.9 Å². The van der Waals surface area contributed by atoms with Crippen LogP contribution in [0, 0.1) is 6.92 Å². The lowest BCUT2D eigenvalue weighted by atomic mass is 10.1. The lowest BCUT2D eigenvalue weighted by Gasteiger charge is -2.25. The second-order valence-corrected chi connectivity index (χ2v) is 6.02. The van der Waals surface area contributed by atoms with E-state index in [1.807, 2.05) is 54.3 Å². The smallest absolute Gasteiger partial charge is 0.272 e. The number of hydrogen-bond acceptors (Lipinski definition) is 3. The van der Waals surface area contributed by atoms with Crippen LogP contribution in [0.2, 0.25) is 0 Å². The third-order valence-corrected chi connectivity index (χ3v) is 4.27. The van der Waals surface area contributed by atoms with Crippen LogP contribution >= 0.6 is 0 Å². The molecule has 3 heterocycles. The molecule has 0 unspecified atom stereocenters. The predicted molar refractivity (Wildman–Crippen MR) is 91.4 cm³/mol. The van der Waals surface area contributed by atoms with Gasteiger partial charge in [0.25, 0.3) is 5.91 Å². The number of H-pyrrole nitrogens is 1. The van der Waals surface area contributed by atoms with Gasteiger partial charge in [-0.2, -0.15) is 0 Å². The van der Waals surface area contributed by atoms with Crippen LogP contribution in [-0.2, 0) is 13.0 Å². The van der Waals surface area contributed by atoms with Gasteiger partial charge in [-0.25, -0.2) is 9.97 Å². The SMILES string of the molecule is Cc1cccc(C(=O)N2CCc3nc(-c4ccccc4)[nH]c3C2)n1. The molecule has 0 saturated carbocycles. The Kier molecular flexibility index (Phi) is 3.61. The van der Waals surface area contributed by atoms with Crippen LogP contribution in [0.25, 0.3) is 11.4 Å². The number of rotatable bonds is 2. The van der Waals surface area contributed by atoms with E-state index in [-0.39, 0.29) is 5.91 Å². The van der Waals surface area contributed by atoms with Gasteiger partial charge in [0.15, 0.2) is 0 Å². The molecule has 0 bridgehead atoms. The summed E-state index contributed by atoms with van der Waals surface area (Å²) in [5.41, 5.74) is 4.48. The van der Waals surface area contributed by atoms with Crippen molar-refractivity contribution in [1.29, 1.82) is 0 Å². The molecular weight excluding hydrogens is 300 g/mol. The maximum Gasteiger partial charge on any atom is 0.272 e. The molecule has 0 fully saturated rings. The van der Waals surface area contributed by atoms with Gasteiger partial charge in [-0.05, 0) is 19.1 Å². The summed E-state index contributed by atoms with van der Waals surface area (Å²) in [6.45, 7) is 3.11. The number of nitrogens with zero attached hydrogens (tertiary/aromatic N) is 3. The molecule has 0 radical (unpaired) electrons. The highest BCUT2D eigenvalue weighted by molar-refractivity contribution is 5.92. The van der Waals surface area contributed by atoms with Crippen LogP contribution in [0.3, 0.4) is 0 Å². The minimum Gasteiger partial charge on any atom is -0.340 e. The molecule has 0 saturated heterocycles. The van der Waals surface area contributed by atoms with Gasteiger partial charge >= 0.3 is 0 Å². The fourth-order valence-corrected chi connectivity index (χ4v) is 3.02. The Bertz CT molecular complexity index is 885. The second-order valence-electron chi connectivity index (χ2n) is 6.02. The maximum absolute atomic E-state index is 12.7.